The van der Waals surface area contributed by atoms with Gasteiger partial charge in [-0.1, -0.05) is 26.7 Å². The second kappa shape index (κ2) is 4.02. The van der Waals surface area contributed by atoms with E-state index in [1.807, 2.05) is 6.92 Å². The number of carbonyl (C=O) groups excluding carboxylic acids is 1. The maximum Gasteiger partial charge on any atom is 0.341 e. The van der Waals surface area contributed by atoms with Crippen LogP contribution in [0, 0.1) is 5.92 Å². The molecule has 3 unspecified atom stereocenters. The van der Waals surface area contributed by atoms with E-state index in [1.165, 1.54) is 12.8 Å². The highest BCUT2D eigenvalue weighted by molar-refractivity contribution is 5.85. The van der Waals surface area contributed by atoms with E-state index in [0.717, 1.165) is 19.3 Å². The van der Waals surface area contributed by atoms with Crippen LogP contribution in [0.15, 0.2) is 0 Å². The summed E-state index contributed by atoms with van der Waals surface area (Å²) in [5, 5.41) is 0. The quantitative estimate of drug-likeness (QED) is 0.546. The van der Waals surface area contributed by atoms with Crippen molar-refractivity contribution >= 4 is 5.97 Å². The standard InChI is InChI=1S/C13H22O3/c1-4-8-13(11(14)15-5-2)12(16-13)9-6-7-10(12)3/h10H,4-9H2,1-3H3. The SMILES string of the molecule is CCCC1(C(=O)OCC)OC12CCCC2C. The second-order valence-electron chi connectivity index (χ2n) is 5.08. The highest BCUT2D eigenvalue weighted by atomic mass is 16.7. The van der Waals surface area contributed by atoms with Crippen molar-refractivity contribution in [1.82, 2.24) is 0 Å². The first kappa shape index (κ1) is 11.9. The van der Waals surface area contributed by atoms with Crippen molar-refractivity contribution in [3.63, 3.8) is 0 Å². The largest absolute Gasteiger partial charge is 0.464 e. The van der Waals surface area contributed by atoms with Gasteiger partial charge in [0, 0.05) is 0 Å². The van der Waals surface area contributed by atoms with E-state index in [9.17, 15) is 4.79 Å². The van der Waals surface area contributed by atoms with Crippen LogP contribution in [-0.2, 0) is 14.3 Å². The van der Waals surface area contributed by atoms with E-state index < -0.39 is 5.60 Å². The van der Waals surface area contributed by atoms with Crippen molar-refractivity contribution in [2.24, 2.45) is 5.92 Å². The number of rotatable bonds is 4. The van der Waals surface area contributed by atoms with Crippen molar-refractivity contribution in [1.29, 1.82) is 0 Å². The van der Waals surface area contributed by atoms with Crippen molar-refractivity contribution in [2.75, 3.05) is 6.61 Å². The molecule has 1 spiro atoms. The number of hydrogen-bond donors (Lipinski definition) is 0. The first-order valence-electron chi connectivity index (χ1n) is 6.50. The Bertz CT molecular complexity index is 289. The molecule has 2 fully saturated rings. The van der Waals surface area contributed by atoms with Crippen LogP contribution >= 0.6 is 0 Å². The van der Waals surface area contributed by atoms with Gasteiger partial charge in [0.1, 0.15) is 5.60 Å². The Morgan fingerprint density at radius 2 is 2.25 bits per heavy atom. The third-order valence-electron chi connectivity index (χ3n) is 4.19. The summed E-state index contributed by atoms with van der Waals surface area (Å²) < 4.78 is 11.1. The van der Waals surface area contributed by atoms with Crippen molar-refractivity contribution < 1.29 is 14.3 Å². The number of epoxide rings is 1. The Hall–Kier alpha value is -0.570. The van der Waals surface area contributed by atoms with E-state index >= 15 is 0 Å². The summed E-state index contributed by atoms with van der Waals surface area (Å²) in [6, 6.07) is 0. The zero-order chi connectivity index (χ0) is 11.8. The Morgan fingerprint density at radius 1 is 1.50 bits per heavy atom. The second-order valence-corrected chi connectivity index (χ2v) is 5.08. The number of ether oxygens (including phenoxy) is 2. The summed E-state index contributed by atoms with van der Waals surface area (Å²) >= 11 is 0. The van der Waals surface area contributed by atoms with Gasteiger partial charge in [-0.3, -0.25) is 0 Å². The molecule has 3 nitrogen and oxygen atoms in total. The normalized spacial score (nSPS) is 41.3. The average molecular weight is 226 g/mol. The maximum atomic E-state index is 12.1. The molecule has 1 aliphatic carbocycles. The topological polar surface area (TPSA) is 38.8 Å². The lowest BCUT2D eigenvalue weighted by molar-refractivity contribution is -0.150. The molecule has 0 N–H and O–H groups in total. The van der Waals surface area contributed by atoms with Gasteiger partial charge < -0.3 is 9.47 Å². The van der Waals surface area contributed by atoms with Crippen LogP contribution in [0.5, 0.6) is 0 Å². The molecule has 1 aliphatic heterocycles. The molecule has 0 amide bonds. The maximum absolute atomic E-state index is 12.1. The van der Waals surface area contributed by atoms with Crippen LogP contribution in [0.2, 0.25) is 0 Å². The molecule has 3 heteroatoms. The lowest BCUT2D eigenvalue weighted by Crippen LogP contribution is -2.37. The highest BCUT2D eigenvalue weighted by Gasteiger charge is 2.77. The van der Waals surface area contributed by atoms with Gasteiger partial charge in [0.25, 0.3) is 0 Å². The van der Waals surface area contributed by atoms with Gasteiger partial charge in [0.15, 0.2) is 5.60 Å². The van der Waals surface area contributed by atoms with Crippen molar-refractivity contribution in [3.8, 4) is 0 Å². The van der Waals surface area contributed by atoms with Gasteiger partial charge in [0.05, 0.1) is 6.61 Å². The molecule has 92 valence electrons. The predicted molar refractivity (Wildman–Crippen MR) is 61.1 cm³/mol. The van der Waals surface area contributed by atoms with Gasteiger partial charge >= 0.3 is 5.97 Å². The van der Waals surface area contributed by atoms with Gasteiger partial charge in [0.2, 0.25) is 0 Å². The van der Waals surface area contributed by atoms with E-state index in [0.29, 0.717) is 12.5 Å². The molecule has 0 aromatic carbocycles. The molecule has 1 heterocycles. The molecule has 0 radical (unpaired) electrons. The minimum Gasteiger partial charge on any atom is -0.464 e. The molecule has 2 aliphatic rings. The molecule has 2 rings (SSSR count). The predicted octanol–water partition coefficient (Wildman–Crippen LogP) is 2.68. The van der Waals surface area contributed by atoms with Crippen LogP contribution in [-0.4, -0.2) is 23.8 Å². The fourth-order valence-electron chi connectivity index (χ4n) is 3.37. The van der Waals surface area contributed by atoms with Crippen LogP contribution < -0.4 is 0 Å². The van der Waals surface area contributed by atoms with Gasteiger partial charge in [-0.2, -0.15) is 0 Å². The number of esters is 1. The molecule has 1 saturated heterocycles. The van der Waals surface area contributed by atoms with Crippen LogP contribution in [0.4, 0.5) is 0 Å². The Labute approximate surface area is 97.5 Å². The monoisotopic (exact) mass is 226 g/mol. The average Bonchev–Trinajstić information content (AvgIpc) is 2.75. The molecular formula is C13H22O3. The first-order valence-corrected chi connectivity index (χ1v) is 6.50. The summed E-state index contributed by atoms with van der Waals surface area (Å²) in [4.78, 5) is 12.1. The van der Waals surface area contributed by atoms with Crippen molar-refractivity contribution in [3.05, 3.63) is 0 Å². The molecule has 16 heavy (non-hydrogen) atoms. The minimum absolute atomic E-state index is 0.134. The fourth-order valence-corrected chi connectivity index (χ4v) is 3.37. The highest BCUT2D eigenvalue weighted by Crippen LogP contribution is 2.63. The zero-order valence-corrected chi connectivity index (χ0v) is 10.5. The van der Waals surface area contributed by atoms with Gasteiger partial charge in [-0.25, -0.2) is 4.79 Å². The van der Waals surface area contributed by atoms with Crippen LogP contribution in [0.25, 0.3) is 0 Å². The smallest absolute Gasteiger partial charge is 0.341 e. The van der Waals surface area contributed by atoms with E-state index in [4.69, 9.17) is 9.47 Å². The van der Waals surface area contributed by atoms with E-state index in [-0.39, 0.29) is 11.6 Å². The number of hydrogen-bond acceptors (Lipinski definition) is 3. The summed E-state index contributed by atoms with van der Waals surface area (Å²) in [7, 11) is 0. The summed E-state index contributed by atoms with van der Waals surface area (Å²) in [5.74, 6) is 0.356. The fraction of sp³-hybridized carbons (Fsp3) is 0.923. The van der Waals surface area contributed by atoms with Crippen LogP contribution in [0.1, 0.15) is 52.9 Å². The summed E-state index contributed by atoms with van der Waals surface area (Å²) in [6.45, 7) is 6.59. The summed E-state index contributed by atoms with van der Waals surface area (Å²) in [5.41, 5.74) is -0.789. The van der Waals surface area contributed by atoms with E-state index in [2.05, 4.69) is 13.8 Å². The third kappa shape index (κ3) is 1.41. The molecule has 0 aromatic heterocycles. The Morgan fingerprint density at radius 3 is 2.75 bits per heavy atom. The molecular weight excluding hydrogens is 204 g/mol. The minimum atomic E-state index is -0.603. The van der Waals surface area contributed by atoms with Gasteiger partial charge in [-0.15, -0.1) is 0 Å². The zero-order valence-electron chi connectivity index (χ0n) is 10.5. The van der Waals surface area contributed by atoms with Gasteiger partial charge in [-0.05, 0) is 32.1 Å². The lowest BCUT2D eigenvalue weighted by Gasteiger charge is -2.17. The van der Waals surface area contributed by atoms with E-state index in [1.54, 1.807) is 0 Å². The Kier molecular flexibility index (Phi) is 2.99. The molecule has 0 bridgehead atoms. The molecule has 0 aromatic rings. The molecule has 1 saturated carbocycles. The van der Waals surface area contributed by atoms with Crippen molar-refractivity contribution in [2.45, 2.75) is 64.1 Å². The summed E-state index contributed by atoms with van der Waals surface area (Å²) in [6.07, 6.45) is 5.13. The number of carbonyl (C=O) groups is 1. The first-order chi connectivity index (χ1) is 7.63. The Balaban J connectivity index is 2.17. The van der Waals surface area contributed by atoms with Crippen LogP contribution in [0.3, 0.4) is 0 Å². The lowest BCUT2D eigenvalue weighted by atomic mass is 9.82. The third-order valence-corrected chi connectivity index (χ3v) is 4.19. The molecule has 3 atom stereocenters.